The molecule has 5 aromatic carbocycles. The number of aromatic amines is 4. The summed E-state index contributed by atoms with van der Waals surface area (Å²) in [7, 11) is 16.0. The predicted molar refractivity (Wildman–Crippen MR) is 458 cm³/mol. The maximum Gasteiger partial charge on any atom is 1.00 e. The zero-order valence-corrected chi connectivity index (χ0v) is 70.6. The zero-order chi connectivity index (χ0) is 85.4. The third-order valence-electron chi connectivity index (χ3n) is 15.5. The van der Waals surface area contributed by atoms with E-state index in [-0.39, 0.29) is 76.9 Å². The number of H-pyrrole nitrogens is 4. The van der Waals surface area contributed by atoms with Gasteiger partial charge in [-0.3, -0.25) is 19.2 Å². The number of rotatable bonds is 23. The molecule has 1 amide bonds. The molecule has 0 unspecified atom stereocenters. The summed E-state index contributed by atoms with van der Waals surface area (Å²) in [6.45, 7) is 16.7. The number of aldehydes is 1. The molecule has 14 N–H and O–H groups in total. The first-order valence-electron chi connectivity index (χ1n) is 35.3. The summed E-state index contributed by atoms with van der Waals surface area (Å²) < 4.78 is 50.4. The summed E-state index contributed by atoms with van der Waals surface area (Å²) in [5.41, 5.74) is 30.1. The second-order valence-electron chi connectivity index (χ2n) is 22.6. The Kier molecular flexibility index (Phi) is 55.4. The topological polar surface area (TPSA) is 500 Å². The number of aryl methyl sites for hydroxylation is 1. The van der Waals surface area contributed by atoms with Crippen LogP contribution in [0.2, 0.25) is 0 Å². The summed E-state index contributed by atoms with van der Waals surface area (Å²) in [5, 5.41) is 53.3. The van der Waals surface area contributed by atoms with Crippen LogP contribution in [0.5, 0.6) is 28.7 Å². The van der Waals surface area contributed by atoms with Crippen molar-refractivity contribution in [3.63, 3.8) is 0 Å². The smallest absolute Gasteiger partial charge is 1.00 e. The van der Waals surface area contributed by atoms with Gasteiger partial charge in [0, 0.05) is 112 Å². The molecule has 627 valence electrons. The number of nitrogens with zero attached hydrogens (tertiary/aromatic N) is 13. The second kappa shape index (κ2) is 62.2. The minimum absolute atomic E-state index is 0. The van der Waals surface area contributed by atoms with Gasteiger partial charge in [0.05, 0.1) is 76.4 Å². The van der Waals surface area contributed by atoms with Crippen LogP contribution >= 0.6 is 0 Å². The van der Waals surface area contributed by atoms with Crippen LogP contribution in [0.3, 0.4) is 0 Å². The molecule has 13 aromatic rings. The fraction of sp³-hybridized carbons (Fsp3) is 0.284. The van der Waals surface area contributed by atoms with E-state index in [0.717, 1.165) is 75.0 Å². The Morgan fingerprint density at radius 1 is 0.546 bits per heavy atom. The second-order valence-corrected chi connectivity index (χ2v) is 22.6. The fourth-order valence-electron chi connectivity index (χ4n) is 9.43. The predicted octanol–water partition coefficient (Wildman–Crippen LogP) is 6.73. The molecule has 38 heteroatoms. The van der Waals surface area contributed by atoms with Gasteiger partial charge < -0.3 is 101 Å². The molecule has 36 nitrogen and oxygen atoms in total. The monoisotopic (exact) mass is 1640 g/mol. The number of fused-ring (bicyclic) bond motifs is 3. The van der Waals surface area contributed by atoms with E-state index in [1.165, 1.54) is 12.6 Å². The van der Waals surface area contributed by atoms with Crippen LogP contribution in [0.4, 0.5) is 23.0 Å². The van der Waals surface area contributed by atoms with E-state index in [4.69, 9.17) is 76.9 Å². The van der Waals surface area contributed by atoms with Gasteiger partial charge in [-0.05, 0) is 151 Å². The maximum atomic E-state index is 11.5. The number of nitrogen functional groups attached to an aromatic ring is 2. The van der Waals surface area contributed by atoms with E-state index in [1.807, 2.05) is 162 Å². The van der Waals surface area contributed by atoms with Crippen molar-refractivity contribution in [1.82, 2.24) is 75.2 Å². The largest absolute Gasteiger partial charge is 1.00 e. The van der Waals surface area contributed by atoms with Crippen LogP contribution in [0, 0.1) is 36.2 Å². The molecule has 119 heavy (non-hydrogen) atoms. The standard InChI is InChI=1S/C13H12N4O2.C13H15N3O2.C13H13N3O.C12H19NO3.C8H8O2.C6H6N4.C5H4N4O.C4H11NO2.C3H2N2.C2H6.CH5N.CH4.B.Na.H/c1-19-10-4-2-9(3-5-10)8-17-7-6-11-12(17)14-16-15-13(11)18;1-18-11-4-2-10(3-5-11)8-16-7-6-12(13(16)14)15-9-17;1-15-12-7-8-16(13(12)14)9-10-3-5-11(17-2)6-4-10;1-14-11-6-4-10(5-7-11)8-13-9-12(15-2)16-3;1-10-8-4-2-7(6-9)3-5-8;1-4-5-2-3-7-6(5)9-10-8-4;10-5-3-1-2-6-4(3)7-9-8-5;1-6-4(3-5)7-2;4-2-1-3-5;2*1-2;;;;/h2-7H,8H2,1H3,(H,14,15,18);2-7,9H,8,14H2,1H3,(H,15,17);3-8H,9,14H2,2H3;4-7,12-13H,8-9H2,1-3H3;2-6H,1H3;2-3H,1H3,(H,7,8,9);1-2H,(H2,6,7,8,10);4H,3,5H2,1-2H3;1H2;1-2H3;2H2,1H3;1H4;;;/q;;;;;;;;;;;;;+1;-1. The van der Waals surface area contributed by atoms with Crippen molar-refractivity contribution >= 4 is 77.2 Å². The first-order chi connectivity index (χ1) is 56.4. The molecular weight excluding hydrogens is 1540 g/mol. The summed E-state index contributed by atoms with van der Waals surface area (Å²) in [6.07, 6.45) is 9.96. The van der Waals surface area contributed by atoms with Crippen LogP contribution in [0.15, 0.2) is 192 Å². The number of anilines is 3. The molecule has 0 spiro atoms. The maximum absolute atomic E-state index is 11.5. The van der Waals surface area contributed by atoms with Crippen molar-refractivity contribution in [2.75, 3.05) is 101 Å². The average molecular weight is 1640 g/mol. The van der Waals surface area contributed by atoms with Crippen molar-refractivity contribution in [1.29, 1.82) is 10.5 Å². The zero-order valence-electron chi connectivity index (χ0n) is 69.6. The van der Waals surface area contributed by atoms with Crippen molar-refractivity contribution in [3.05, 3.63) is 248 Å². The SMILES string of the molecule is C.CC.CN.COC(CN)OC.COc1ccc(C=O)cc1.COc1ccc(CNCC(OC)OC)cc1.COc1ccc(Cn2ccc(NC=O)c2N)cc1.COc1ccc(Cn2ccc3c(=O)[nH]nnc32)cc1.Cc1nnnc2[nH]ccc12.N#CCC#N.O=c1[nH]nnc2[nH]ccc12.[B].[C-]#[N+]c1ccn(Cc2ccc(OC)cc2)c1N.[H-].[Na+]. The van der Waals surface area contributed by atoms with Gasteiger partial charge in [0.25, 0.3) is 11.1 Å². The van der Waals surface area contributed by atoms with Gasteiger partial charge >= 0.3 is 29.6 Å². The Morgan fingerprint density at radius 2 is 0.958 bits per heavy atom. The number of hydrogen-bond acceptors (Lipinski definition) is 27. The van der Waals surface area contributed by atoms with Crippen LogP contribution in [-0.4, -0.2) is 188 Å². The van der Waals surface area contributed by atoms with Gasteiger partial charge in [0.1, 0.15) is 53.1 Å². The molecular formula is C81H106BN23NaO13. The van der Waals surface area contributed by atoms with Crippen LogP contribution < -0.4 is 97.9 Å². The number of ether oxygens (including phenoxy) is 9. The van der Waals surface area contributed by atoms with E-state index in [9.17, 15) is 19.2 Å². The normalized spacial score (nSPS) is 9.50. The van der Waals surface area contributed by atoms with E-state index >= 15 is 0 Å². The molecule has 0 saturated heterocycles. The molecule has 8 aromatic heterocycles. The number of nitrogens with two attached hydrogens (primary N) is 4. The number of nitrogens with one attached hydrogen (secondary N) is 6. The quantitative estimate of drug-likeness (QED) is 0.0137. The summed E-state index contributed by atoms with van der Waals surface area (Å²) >= 11 is 0. The van der Waals surface area contributed by atoms with Crippen LogP contribution in [0.25, 0.3) is 37.9 Å². The van der Waals surface area contributed by atoms with E-state index in [0.29, 0.717) is 89.8 Å². The van der Waals surface area contributed by atoms with Gasteiger partial charge in [-0.15, -0.1) is 20.4 Å². The number of aromatic nitrogens is 14. The third-order valence-corrected chi connectivity index (χ3v) is 15.5. The summed E-state index contributed by atoms with van der Waals surface area (Å²) in [5.74, 6) is 5.16. The van der Waals surface area contributed by atoms with Gasteiger partial charge in [-0.25, -0.2) is 15.0 Å². The molecule has 3 radical (unpaired) electrons. The van der Waals surface area contributed by atoms with Crippen molar-refractivity contribution in [2.24, 2.45) is 11.5 Å². The molecule has 8 heterocycles. The van der Waals surface area contributed by atoms with Gasteiger partial charge in [0.2, 0.25) is 12.1 Å². The Hall–Kier alpha value is -13.1. The first-order valence-corrected chi connectivity index (χ1v) is 35.3. The molecule has 0 aliphatic heterocycles. The Morgan fingerprint density at radius 3 is 1.35 bits per heavy atom. The first kappa shape index (κ1) is 106. The van der Waals surface area contributed by atoms with Gasteiger partial charge in [-0.2, -0.15) is 10.5 Å². The van der Waals surface area contributed by atoms with Crippen molar-refractivity contribution in [2.45, 2.75) is 73.4 Å². The summed E-state index contributed by atoms with van der Waals surface area (Å²) in [4.78, 5) is 52.0. The fourth-order valence-corrected chi connectivity index (χ4v) is 9.43. The van der Waals surface area contributed by atoms with Gasteiger partial charge in [-0.1, -0.05) is 80.2 Å². The number of carbonyl (C=O) groups excluding carboxylic acids is 2. The van der Waals surface area contributed by atoms with Crippen LogP contribution in [-0.2, 0) is 49.9 Å². The number of carbonyl (C=O) groups is 2. The minimum atomic E-state index is -0.236. The van der Waals surface area contributed by atoms with Crippen LogP contribution in [0.1, 0.15) is 67.4 Å². The summed E-state index contributed by atoms with van der Waals surface area (Å²) in [6, 6.07) is 50.3. The Balaban J connectivity index is 0. The molecule has 0 fully saturated rings. The third kappa shape index (κ3) is 37.2. The van der Waals surface area contributed by atoms with E-state index in [1.54, 1.807) is 131 Å². The number of benzene rings is 5. The minimum Gasteiger partial charge on any atom is -1.00 e. The van der Waals surface area contributed by atoms with E-state index < -0.39 is 0 Å². The Labute approximate surface area is 716 Å². The molecule has 13 rings (SSSR count). The van der Waals surface area contributed by atoms with E-state index in [2.05, 4.69) is 77.4 Å². The van der Waals surface area contributed by atoms with Crippen molar-refractivity contribution < 1.29 is 83.2 Å². The Bertz CT molecular complexity index is 5120. The number of hydrogen-bond donors (Lipinski definition) is 10. The molecule has 0 saturated carbocycles. The number of amides is 1. The average Bonchev–Trinajstić information content (AvgIpc) is 1.66. The van der Waals surface area contributed by atoms with Crippen molar-refractivity contribution in [3.8, 4) is 40.9 Å². The molecule has 0 bridgehead atoms. The molecule has 0 aliphatic carbocycles. The van der Waals surface area contributed by atoms with Gasteiger partial charge in [0.15, 0.2) is 29.5 Å². The number of nitriles is 2. The molecule has 0 aliphatic rings. The number of methoxy groups -OCH3 is 9. The molecule has 0 atom stereocenters.